The first-order chi connectivity index (χ1) is 9.85. The van der Waals surface area contributed by atoms with Crippen LogP contribution >= 0.6 is 0 Å². The van der Waals surface area contributed by atoms with Crippen molar-refractivity contribution < 1.29 is 0 Å². The van der Waals surface area contributed by atoms with E-state index in [1.54, 1.807) is 0 Å². The van der Waals surface area contributed by atoms with Gasteiger partial charge in [0.2, 0.25) is 0 Å². The monoisotopic (exact) mass is 267 g/mol. The van der Waals surface area contributed by atoms with Gasteiger partial charge >= 0.3 is 0 Å². The summed E-state index contributed by atoms with van der Waals surface area (Å²) in [4.78, 5) is 4.20. The molecule has 1 atom stereocenters. The standard InChI is InChI=1S/C17H21N3/c18-20-16(12-14-6-4-11-19-13-14)17(9-5-10-17)15-7-2-1-3-8-15/h1-4,6-8,11,13,16,20H,5,9-10,12,18H2. The highest BCUT2D eigenvalue weighted by atomic mass is 15.2. The van der Waals surface area contributed by atoms with Crippen LogP contribution in [-0.4, -0.2) is 11.0 Å². The zero-order valence-corrected chi connectivity index (χ0v) is 11.6. The fourth-order valence-electron chi connectivity index (χ4n) is 3.33. The Hall–Kier alpha value is -1.71. The minimum Gasteiger partial charge on any atom is -0.271 e. The molecule has 1 aromatic heterocycles. The molecule has 3 heteroatoms. The van der Waals surface area contributed by atoms with E-state index in [0.717, 1.165) is 6.42 Å². The van der Waals surface area contributed by atoms with Crippen LogP contribution in [0.2, 0.25) is 0 Å². The number of pyridine rings is 1. The molecular weight excluding hydrogens is 246 g/mol. The number of rotatable bonds is 5. The third-order valence-electron chi connectivity index (χ3n) is 4.63. The first-order valence-corrected chi connectivity index (χ1v) is 7.26. The van der Waals surface area contributed by atoms with Gasteiger partial charge < -0.3 is 0 Å². The molecular formula is C17H21N3. The average Bonchev–Trinajstić information content (AvgIpc) is 2.47. The normalized spacial score (nSPS) is 18.2. The van der Waals surface area contributed by atoms with Gasteiger partial charge in [-0.2, -0.15) is 0 Å². The number of nitrogens with one attached hydrogen (secondary N) is 1. The Balaban J connectivity index is 1.87. The SMILES string of the molecule is NNC(Cc1cccnc1)C1(c2ccccc2)CCC1. The maximum absolute atomic E-state index is 5.88. The van der Waals surface area contributed by atoms with Gasteiger partial charge in [0.15, 0.2) is 0 Å². The molecule has 1 heterocycles. The van der Waals surface area contributed by atoms with Crippen LogP contribution in [0.4, 0.5) is 0 Å². The molecule has 0 saturated heterocycles. The third kappa shape index (κ3) is 2.35. The molecule has 1 unspecified atom stereocenters. The van der Waals surface area contributed by atoms with Crippen molar-refractivity contribution in [3.63, 3.8) is 0 Å². The summed E-state index contributed by atoms with van der Waals surface area (Å²) in [5, 5.41) is 0. The van der Waals surface area contributed by atoms with Crippen LogP contribution in [-0.2, 0) is 11.8 Å². The van der Waals surface area contributed by atoms with E-state index >= 15 is 0 Å². The molecule has 20 heavy (non-hydrogen) atoms. The molecule has 0 radical (unpaired) electrons. The van der Waals surface area contributed by atoms with Crippen molar-refractivity contribution in [2.24, 2.45) is 5.84 Å². The van der Waals surface area contributed by atoms with E-state index in [1.165, 1.54) is 30.4 Å². The van der Waals surface area contributed by atoms with Crippen LogP contribution in [0, 0.1) is 0 Å². The van der Waals surface area contributed by atoms with Crippen LogP contribution in [0.15, 0.2) is 54.9 Å². The van der Waals surface area contributed by atoms with Gasteiger partial charge in [0.1, 0.15) is 0 Å². The predicted molar refractivity (Wildman–Crippen MR) is 81.0 cm³/mol. The van der Waals surface area contributed by atoms with Crippen LogP contribution in [0.25, 0.3) is 0 Å². The number of benzene rings is 1. The predicted octanol–water partition coefficient (Wildman–Crippen LogP) is 2.58. The lowest BCUT2D eigenvalue weighted by Crippen LogP contribution is -2.56. The third-order valence-corrected chi connectivity index (χ3v) is 4.63. The molecule has 3 rings (SSSR count). The maximum atomic E-state index is 5.88. The van der Waals surface area contributed by atoms with Crippen molar-refractivity contribution in [3.05, 3.63) is 66.0 Å². The molecule has 1 aliphatic carbocycles. The summed E-state index contributed by atoms with van der Waals surface area (Å²) in [7, 11) is 0. The Labute approximate surface area is 120 Å². The molecule has 0 spiro atoms. The average molecular weight is 267 g/mol. The van der Waals surface area contributed by atoms with Gasteiger partial charge in [-0.05, 0) is 36.5 Å². The Morgan fingerprint density at radius 2 is 1.95 bits per heavy atom. The van der Waals surface area contributed by atoms with Gasteiger partial charge in [0.05, 0.1) is 0 Å². The summed E-state index contributed by atoms with van der Waals surface area (Å²) in [5.41, 5.74) is 5.87. The van der Waals surface area contributed by atoms with Gasteiger partial charge in [0, 0.05) is 23.9 Å². The molecule has 1 fully saturated rings. The maximum Gasteiger partial charge on any atom is 0.0348 e. The summed E-state index contributed by atoms with van der Waals surface area (Å²) >= 11 is 0. The summed E-state index contributed by atoms with van der Waals surface area (Å²) < 4.78 is 0. The smallest absolute Gasteiger partial charge is 0.0348 e. The Kier molecular flexibility index (Phi) is 3.81. The lowest BCUT2D eigenvalue weighted by atomic mass is 9.59. The van der Waals surface area contributed by atoms with Crippen molar-refractivity contribution in [1.82, 2.24) is 10.4 Å². The molecule has 0 amide bonds. The minimum atomic E-state index is 0.172. The number of nitrogens with two attached hydrogens (primary N) is 1. The van der Waals surface area contributed by atoms with Crippen LogP contribution < -0.4 is 11.3 Å². The second-order valence-corrected chi connectivity index (χ2v) is 5.66. The highest BCUT2D eigenvalue weighted by molar-refractivity contribution is 5.31. The molecule has 1 saturated carbocycles. The highest BCUT2D eigenvalue weighted by Gasteiger charge is 2.44. The van der Waals surface area contributed by atoms with Crippen molar-refractivity contribution in [2.75, 3.05) is 0 Å². The van der Waals surface area contributed by atoms with Crippen LogP contribution in [0.1, 0.15) is 30.4 Å². The number of hydrogen-bond donors (Lipinski definition) is 2. The van der Waals surface area contributed by atoms with E-state index in [2.05, 4.69) is 46.8 Å². The molecule has 2 aromatic rings. The Morgan fingerprint density at radius 1 is 1.15 bits per heavy atom. The molecule has 0 bridgehead atoms. The van der Waals surface area contributed by atoms with Crippen molar-refractivity contribution in [3.8, 4) is 0 Å². The van der Waals surface area contributed by atoms with Crippen LogP contribution in [0.5, 0.6) is 0 Å². The summed E-state index contributed by atoms with van der Waals surface area (Å²) in [5.74, 6) is 5.88. The van der Waals surface area contributed by atoms with Gasteiger partial charge in [-0.3, -0.25) is 16.3 Å². The topological polar surface area (TPSA) is 50.9 Å². The van der Waals surface area contributed by atoms with Gasteiger partial charge in [-0.25, -0.2) is 0 Å². The summed E-state index contributed by atoms with van der Waals surface area (Å²) in [6.07, 6.45) is 8.34. The second kappa shape index (κ2) is 5.73. The van der Waals surface area contributed by atoms with Crippen LogP contribution in [0.3, 0.4) is 0 Å². The number of hydrazine groups is 1. The highest BCUT2D eigenvalue weighted by Crippen LogP contribution is 2.47. The van der Waals surface area contributed by atoms with Gasteiger partial charge in [-0.1, -0.05) is 42.8 Å². The van der Waals surface area contributed by atoms with Gasteiger partial charge in [-0.15, -0.1) is 0 Å². The van der Waals surface area contributed by atoms with Crippen molar-refractivity contribution >= 4 is 0 Å². The van der Waals surface area contributed by atoms with E-state index in [9.17, 15) is 0 Å². The molecule has 3 N–H and O–H groups in total. The van der Waals surface area contributed by atoms with E-state index < -0.39 is 0 Å². The first-order valence-electron chi connectivity index (χ1n) is 7.26. The molecule has 1 aromatic carbocycles. The largest absolute Gasteiger partial charge is 0.271 e. The lowest BCUT2D eigenvalue weighted by molar-refractivity contribution is 0.168. The molecule has 0 aliphatic heterocycles. The summed E-state index contributed by atoms with van der Waals surface area (Å²) in [6, 6.07) is 15.1. The summed E-state index contributed by atoms with van der Waals surface area (Å²) in [6.45, 7) is 0. The zero-order valence-electron chi connectivity index (χ0n) is 11.6. The quantitative estimate of drug-likeness (QED) is 0.646. The molecule has 104 valence electrons. The minimum absolute atomic E-state index is 0.172. The van der Waals surface area contributed by atoms with E-state index in [1.807, 2.05) is 18.5 Å². The molecule has 1 aliphatic rings. The number of nitrogens with zero attached hydrogens (tertiary/aromatic N) is 1. The van der Waals surface area contributed by atoms with Crippen molar-refractivity contribution in [2.45, 2.75) is 37.1 Å². The van der Waals surface area contributed by atoms with Gasteiger partial charge in [0.25, 0.3) is 0 Å². The molecule has 3 nitrogen and oxygen atoms in total. The van der Waals surface area contributed by atoms with E-state index in [-0.39, 0.29) is 11.5 Å². The van der Waals surface area contributed by atoms with E-state index in [4.69, 9.17) is 5.84 Å². The Morgan fingerprint density at radius 3 is 2.50 bits per heavy atom. The number of aromatic nitrogens is 1. The Bertz CT molecular complexity index is 535. The fourth-order valence-corrected chi connectivity index (χ4v) is 3.33. The van der Waals surface area contributed by atoms with Crippen molar-refractivity contribution in [1.29, 1.82) is 0 Å². The first kappa shape index (κ1) is 13.3. The fraction of sp³-hybridized carbons (Fsp3) is 0.353. The number of hydrogen-bond acceptors (Lipinski definition) is 3. The second-order valence-electron chi connectivity index (χ2n) is 5.66. The van der Waals surface area contributed by atoms with E-state index in [0.29, 0.717) is 0 Å². The zero-order chi connectivity index (χ0) is 13.8. The lowest BCUT2D eigenvalue weighted by Gasteiger charge is -2.48.